The molecule has 96 valence electrons. The normalized spacial score (nSPS) is 9.95. The number of anilines is 2. The zero-order valence-electron chi connectivity index (χ0n) is 10.6. The van der Waals surface area contributed by atoms with Crippen molar-refractivity contribution in [3.05, 3.63) is 58.1 Å². The molecular formula is C15H14BrN3. The van der Waals surface area contributed by atoms with Crippen molar-refractivity contribution < 1.29 is 0 Å². The predicted molar refractivity (Wildman–Crippen MR) is 81.8 cm³/mol. The molecule has 0 atom stereocenters. The van der Waals surface area contributed by atoms with E-state index in [0.29, 0.717) is 5.56 Å². The Morgan fingerprint density at radius 3 is 2.74 bits per heavy atom. The van der Waals surface area contributed by atoms with E-state index in [2.05, 4.69) is 26.9 Å². The summed E-state index contributed by atoms with van der Waals surface area (Å²) in [4.78, 5) is 2.09. The van der Waals surface area contributed by atoms with E-state index in [-0.39, 0.29) is 0 Å². The highest BCUT2D eigenvalue weighted by Gasteiger charge is 2.04. The number of halogens is 1. The minimum atomic E-state index is 0.665. The van der Waals surface area contributed by atoms with Crippen LogP contribution in [0.25, 0.3) is 0 Å². The molecule has 2 aromatic carbocycles. The fourth-order valence-electron chi connectivity index (χ4n) is 1.94. The first-order valence-electron chi connectivity index (χ1n) is 5.85. The van der Waals surface area contributed by atoms with Gasteiger partial charge in [-0.3, -0.25) is 0 Å². The molecule has 0 bridgehead atoms. The summed E-state index contributed by atoms with van der Waals surface area (Å²) in [5.41, 5.74) is 9.37. The molecule has 0 heterocycles. The predicted octanol–water partition coefficient (Wildman–Crippen LogP) is 3.54. The summed E-state index contributed by atoms with van der Waals surface area (Å²) in [5.74, 6) is 0. The van der Waals surface area contributed by atoms with Crippen LogP contribution in [0.1, 0.15) is 11.1 Å². The van der Waals surface area contributed by atoms with Crippen LogP contribution in [0.15, 0.2) is 46.9 Å². The van der Waals surface area contributed by atoms with Gasteiger partial charge in [0.05, 0.1) is 11.6 Å². The molecule has 2 rings (SSSR count). The molecule has 0 aromatic heterocycles. The lowest BCUT2D eigenvalue weighted by molar-refractivity contribution is 0.922. The molecule has 0 fully saturated rings. The highest BCUT2D eigenvalue weighted by Crippen LogP contribution is 2.21. The third-order valence-corrected chi connectivity index (χ3v) is 3.27. The Morgan fingerprint density at radius 2 is 2.05 bits per heavy atom. The SMILES string of the molecule is CN(Cc1cc(N)cc(Br)c1)c1cccc(C#N)c1. The number of rotatable bonds is 3. The first kappa shape index (κ1) is 13.4. The van der Waals surface area contributed by atoms with E-state index in [9.17, 15) is 0 Å². The van der Waals surface area contributed by atoms with E-state index in [1.165, 1.54) is 0 Å². The summed E-state index contributed by atoms with van der Waals surface area (Å²) >= 11 is 3.44. The van der Waals surface area contributed by atoms with E-state index in [1.54, 1.807) is 6.07 Å². The van der Waals surface area contributed by atoms with Gasteiger partial charge in [-0.05, 0) is 42.0 Å². The average Bonchev–Trinajstić information content (AvgIpc) is 2.37. The van der Waals surface area contributed by atoms with Gasteiger partial charge in [0, 0.05) is 29.4 Å². The monoisotopic (exact) mass is 315 g/mol. The van der Waals surface area contributed by atoms with Gasteiger partial charge in [0.1, 0.15) is 0 Å². The van der Waals surface area contributed by atoms with Gasteiger partial charge >= 0.3 is 0 Å². The number of benzene rings is 2. The number of hydrogen-bond donors (Lipinski definition) is 1. The van der Waals surface area contributed by atoms with E-state index < -0.39 is 0 Å². The van der Waals surface area contributed by atoms with Crippen molar-refractivity contribution in [1.82, 2.24) is 0 Å². The van der Waals surface area contributed by atoms with Crippen LogP contribution in [0.4, 0.5) is 11.4 Å². The molecular weight excluding hydrogens is 302 g/mol. The Labute approximate surface area is 121 Å². The van der Waals surface area contributed by atoms with Crippen LogP contribution < -0.4 is 10.6 Å². The van der Waals surface area contributed by atoms with Gasteiger partial charge in [-0.15, -0.1) is 0 Å². The summed E-state index contributed by atoms with van der Waals surface area (Å²) in [6, 6.07) is 15.6. The van der Waals surface area contributed by atoms with Crippen LogP contribution >= 0.6 is 15.9 Å². The zero-order valence-corrected chi connectivity index (χ0v) is 12.2. The molecule has 19 heavy (non-hydrogen) atoms. The van der Waals surface area contributed by atoms with Crippen LogP contribution in [-0.4, -0.2) is 7.05 Å². The van der Waals surface area contributed by atoms with Gasteiger partial charge in [-0.2, -0.15) is 5.26 Å². The summed E-state index contributed by atoms with van der Waals surface area (Å²) in [6.07, 6.45) is 0. The number of nitrogen functional groups attached to an aromatic ring is 1. The van der Waals surface area contributed by atoms with Crippen LogP contribution in [0, 0.1) is 11.3 Å². The summed E-state index contributed by atoms with van der Waals surface area (Å²) in [5, 5.41) is 8.92. The van der Waals surface area contributed by atoms with E-state index in [1.807, 2.05) is 43.4 Å². The van der Waals surface area contributed by atoms with Crippen molar-refractivity contribution in [2.24, 2.45) is 0 Å². The molecule has 0 radical (unpaired) electrons. The summed E-state index contributed by atoms with van der Waals surface area (Å²) < 4.78 is 0.974. The number of nitriles is 1. The van der Waals surface area contributed by atoms with Crippen LogP contribution in [0.3, 0.4) is 0 Å². The fraction of sp³-hybridized carbons (Fsp3) is 0.133. The minimum absolute atomic E-state index is 0.665. The van der Waals surface area contributed by atoms with Crippen LogP contribution in [-0.2, 0) is 6.54 Å². The van der Waals surface area contributed by atoms with Crippen molar-refractivity contribution in [3.8, 4) is 6.07 Å². The standard InChI is InChI=1S/C15H14BrN3/c1-19(15-4-2-3-11(7-15)9-17)10-12-5-13(16)8-14(18)6-12/h2-8H,10,18H2,1H3. The Bertz CT molecular complexity index is 611. The lowest BCUT2D eigenvalue weighted by Crippen LogP contribution is -2.16. The molecule has 0 saturated heterocycles. The third kappa shape index (κ3) is 3.49. The Balaban J connectivity index is 2.20. The molecule has 2 N–H and O–H groups in total. The molecule has 0 aliphatic carbocycles. The average molecular weight is 316 g/mol. The van der Waals surface area contributed by atoms with Gasteiger partial charge in [-0.25, -0.2) is 0 Å². The molecule has 0 aliphatic heterocycles. The van der Waals surface area contributed by atoms with Gasteiger partial charge < -0.3 is 10.6 Å². The number of nitrogens with zero attached hydrogens (tertiary/aromatic N) is 2. The first-order valence-corrected chi connectivity index (χ1v) is 6.64. The summed E-state index contributed by atoms with van der Waals surface area (Å²) in [7, 11) is 1.99. The van der Waals surface area contributed by atoms with Crippen molar-refractivity contribution >= 4 is 27.3 Å². The van der Waals surface area contributed by atoms with E-state index >= 15 is 0 Å². The van der Waals surface area contributed by atoms with Gasteiger partial charge in [0.2, 0.25) is 0 Å². The lowest BCUT2D eigenvalue weighted by Gasteiger charge is -2.20. The molecule has 3 nitrogen and oxygen atoms in total. The van der Waals surface area contributed by atoms with Gasteiger partial charge in [0.15, 0.2) is 0 Å². The van der Waals surface area contributed by atoms with Crippen molar-refractivity contribution in [3.63, 3.8) is 0 Å². The second kappa shape index (κ2) is 5.77. The number of hydrogen-bond acceptors (Lipinski definition) is 3. The molecule has 0 aliphatic rings. The molecule has 0 spiro atoms. The van der Waals surface area contributed by atoms with E-state index in [0.717, 1.165) is 28.0 Å². The highest BCUT2D eigenvalue weighted by atomic mass is 79.9. The van der Waals surface area contributed by atoms with Crippen molar-refractivity contribution in [2.75, 3.05) is 17.7 Å². The molecule has 0 saturated carbocycles. The molecule has 4 heteroatoms. The number of nitrogens with two attached hydrogens (primary N) is 1. The van der Waals surface area contributed by atoms with Gasteiger partial charge in [-0.1, -0.05) is 22.0 Å². The third-order valence-electron chi connectivity index (χ3n) is 2.82. The van der Waals surface area contributed by atoms with Crippen molar-refractivity contribution in [1.29, 1.82) is 5.26 Å². The Hall–Kier alpha value is -1.99. The molecule has 0 unspecified atom stereocenters. The Morgan fingerprint density at radius 1 is 1.26 bits per heavy atom. The maximum absolute atomic E-state index is 8.92. The maximum atomic E-state index is 8.92. The smallest absolute Gasteiger partial charge is 0.0992 e. The van der Waals surface area contributed by atoms with E-state index in [4.69, 9.17) is 11.0 Å². The van der Waals surface area contributed by atoms with Crippen LogP contribution in [0.2, 0.25) is 0 Å². The fourth-order valence-corrected chi connectivity index (χ4v) is 2.50. The quantitative estimate of drug-likeness (QED) is 0.881. The largest absolute Gasteiger partial charge is 0.399 e. The second-order valence-corrected chi connectivity index (χ2v) is 5.33. The van der Waals surface area contributed by atoms with Crippen molar-refractivity contribution in [2.45, 2.75) is 6.54 Å². The maximum Gasteiger partial charge on any atom is 0.0992 e. The minimum Gasteiger partial charge on any atom is -0.399 e. The second-order valence-electron chi connectivity index (χ2n) is 4.41. The molecule has 2 aromatic rings. The highest BCUT2D eigenvalue weighted by molar-refractivity contribution is 9.10. The zero-order chi connectivity index (χ0) is 13.8. The summed E-state index contributed by atoms with van der Waals surface area (Å²) in [6.45, 7) is 0.735. The Kier molecular flexibility index (Phi) is 4.08. The molecule has 0 amide bonds. The van der Waals surface area contributed by atoms with Crippen LogP contribution in [0.5, 0.6) is 0 Å². The topological polar surface area (TPSA) is 53.0 Å². The first-order chi connectivity index (χ1) is 9.08. The van der Waals surface area contributed by atoms with Gasteiger partial charge in [0.25, 0.3) is 0 Å². The lowest BCUT2D eigenvalue weighted by atomic mass is 10.1.